The zero-order chi connectivity index (χ0) is 9.97. The molecule has 0 spiro atoms. The Balaban J connectivity index is 2.49. The minimum absolute atomic E-state index is 0.177. The molecule has 0 saturated carbocycles. The second-order valence-electron chi connectivity index (χ2n) is 2.78. The van der Waals surface area contributed by atoms with Gasteiger partial charge in [-0.05, 0) is 18.2 Å². The first-order valence-corrected chi connectivity index (χ1v) is 4.07. The Kier molecular flexibility index (Phi) is 2.24. The van der Waals surface area contributed by atoms with E-state index in [1.165, 1.54) is 23.0 Å². The molecule has 0 unspecified atom stereocenters. The van der Waals surface area contributed by atoms with Gasteiger partial charge in [-0.25, -0.2) is 9.07 Å². The van der Waals surface area contributed by atoms with Crippen LogP contribution in [0.3, 0.4) is 0 Å². The Morgan fingerprint density at radius 1 is 1.43 bits per heavy atom. The molecule has 0 amide bonds. The van der Waals surface area contributed by atoms with E-state index in [1.54, 1.807) is 12.1 Å². The SMILES string of the molecule is OCc1cnnn1-c1cccc(F)c1. The highest BCUT2D eigenvalue weighted by Gasteiger charge is 2.04. The summed E-state index contributed by atoms with van der Waals surface area (Å²) in [6, 6.07) is 5.94. The van der Waals surface area contributed by atoms with Crippen LogP contribution in [0.15, 0.2) is 30.5 Å². The lowest BCUT2D eigenvalue weighted by molar-refractivity contribution is 0.273. The summed E-state index contributed by atoms with van der Waals surface area (Å²) in [7, 11) is 0. The van der Waals surface area contributed by atoms with Crippen molar-refractivity contribution in [2.24, 2.45) is 0 Å². The van der Waals surface area contributed by atoms with Crippen molar-refractivity contribution in [3.05, 3.63) is 42.0 Å². The summed E-state index contributed by atoms with van der Waals surface area (Å²) in [6.07, 6.45) is 1.44. The Bertz CT molecular complexity index is 441. The Labute approximate surface area is 79.6 Å². The van der Waals surface area contributed by atoms with Crippen LogP contribution in [0, 0.1) is 5.82 Å². The van der Waals surface area contributed by atoms with E-state index in [4.69, 9.17) is 5.11 Å². The van der Waals surface area contributed by atoms with Crippen molar-refractivity contribution in [3.8, 4) is 5.69 Å². The Morgan fingerprint density at radius 3 is 3.00 bits per heavy atom. The van der Waals surface area contributed by atoms with Crippen molar-refractivity contribution < 1.29 is 9.50 Å². The van der Waals surface area contributed by atoms with Gasteiger partial charge in [0.1, 0.15) is 5.82 Å². The summed E-state index contributed by atoms with van der Waals surface area (Å²) in [6.45, 7) is -0.177. The average molecular weight is 193 g/mol. The minimum atomic E-state index is -0.345. The number of hydrogen-bond acceptors (Lipinski definition) is 3. The van der Waals surface area contributed by atoms with Crippen LogP contribution in [0.5, 0.6) is 0 Å². The van der Waals surface area contributed by atoms with Gasteiger partial charge in [0, 0.05) is 0 Å². The van der Waals surface area contributed by atoms with Crippen LogP contribution in [-0.4, -0.2) is 20.1 Å². The first-order chi connectivity index (χ1) is 6.81. The van der Waals surface area contributed by atoms with Gasteiger partial charge in [-0.3, -0.25) is 0 Å². The molecule has 5 heteroatoms. The lowest BCUT2D eigenvalue weighted by atomic mass is 10.3. The van der Waals surface area contributed by atoms with E-state index in [9.17, 15) is 4.39 Å². The fourth-order valence-corrected chi connectivity index (χ4v) is 1.19. The molecule has 0 fully saturated rings. The highest BCUT2D eigenvalue weighted by atomic mass is 19.1. The standard InChI is InChI=1S/C9H8FN3O/c10-7-2-1-3-8(4-7)13-9(6-14)5-11-12-13/h1-5,14H,6H2. The van der Waals surface area contributed by atoms with Crippen LogP contribution in [0.2, 0.25) is 0 Å². The zero-order valence-corrected chi connectivity index (χ0v) is 7.26. The average Bonchev–Trinajstić information content (AvgIpc) is 2.65. The van der Waals surface area contributed by atoms with E-state index in [0.717, 1.165) is 0 Å². The fraction of sp³-hybridized carbons (Fsp3) is 0.111. The lowest BCUT2D eigenvalue weighted by Gasteiger charge is -2.03. The van der Waals surface area contributed by atoms with Gasteiger partial charge >= 0.3 is 0 Å². The number of benzene rings is 1. The summed E-state index contributed by atoms with van der Waals surface area (Å²) in [5.74, 6) is -0.345. The zero-order valence-electron chi connectivity index (χ0n) is 7.26. The first kappa shape index (κ1) is 8.83. The van der Waals surface area contributed by atoms with Crippen molar-refractivity contribution in [3.63, 3.8) is 0 Å². The van der Waals surface area contributed by atoms with Gasteiger partial charge < -0.3 is 5.11 Å². The van der Waals surface area contributed by atoms with Crippen molar-refractivity contribution in [1.82, 2.24) is 15.0 Å². The summed E-state index contributed by atoms with van der Waals surface area (Å²) in [4.78, 5) is 0. The molecule has 0 aliphatic carbocycles. The molecule has 72 valence electrons. The molecular formula is C9H8FN3O. The lowest BCUT2D eigenvalue weighted by Crippen LogP contribution is -2.02. The van der Waals surface area contributed by atoms with Crippen LogP contribution in [0.25, 0.3) is 5.69 Å². The van der Waals surface area contributed by atoms with Crippen LogP contribution in [0.1, 0.15) is 5.69 Å². The third-order valence-electron chi connectivity index (χ3n) is 1.83. The topological polar surface area (TPSA) is 50.9 Å². The van der Waals surface area contributed by atoms with Gasteiger partial charge in [-0.1, -0.05) is 11.3 Å². The maximum absolute atomic E-state index is 12.9. The Hall–Kier alpha value is -1.75. The third kappa shape index (κ3) is 1.49. The maximum atomic E-state index is 12.9. The highest BCUT2D eigenvalue weighted by Crippen LogP contribution is 2.10. The van der Waals surface area contributed by atoms with E-state index in [0.29, 0.717) is 11.4 Å². The normalized spacial score (nSPS) is 10.4. The third-order valence-corrected chi connectivity index (χ3v) is 1.83. The van der Waals surface area contributed by atoms with E-state index in [-0.39, 0.29) is 12.4 Å². The monoisotopic (exact) mass is 193 g/mol. The van der Waals surface area contributed by atoms with Crippen molar-refractivity contribution >= 4 is 0 Å². The molecule has 0 bridgehead atoms. The summed E-state index contributed by atoms with van der Waals surface area (Å²) >= 11 is 0. The Morgan fingerprint density at radius 2 is 2.29 bits per heavy atom. The predicted octanol–water partition coefficient (Wildman–Crippen LogP) is 0.899. The van der Waals surface area contributed by atoms with Gasteiger partial charge in [0.2, 0.25) is 0 Å². The molecule has 2 rings (SSSR count). The summed E-state index contributed by atoms with van der Waals surface area (Å²) < 4.78 is 14.3. The summed E-state index contributed by atoms with van der Waals surface area (Å²) in [5, 5.41) is 16.3. The van der Waals surface area contributed by atoms with E-state index < -0.39 is 0 Å². The molecule has 0 radical (unpaired) electrons. The number of aliphatic hydroxyl groups is 1. The number of nitrogens with zero attached hydrogens (tertiary/aromatic N) is 3. The molecule has 1 aromatic carbocycles. The predicted molar refractivity (Wildman–Crippen MR) is 47.2 cm³/mol. The number of aromatic nitrogens is 3. The van der Waals surface area contributed by atoms with E-state index >= 15 is 0 Å². The van der Waals surface area contributed by atoms with Crippen molar-refractivity contribution in [2.45, 2.75) is 6.61 Å². The van der Waals surface area contributed by atoms with Gasteiger partial charge in [0.05, 0.1) is 24.2 Å². The largest absolute Gasteiger partial charge is 0.390 e. The van der Waals surface area contributed by atoms with E-state index in [2.05, 4.69) is 10.3 Å². The molecule has 1 N–H and O–H groups in total. The molecular weight excluding hydrogens is 185 g/mol. The number of aliphatic hydroxyl groups excluding tert-OH is 1. The van der Waals surface area contributed by atoms with Crippen LogP contribution < -0.4 is 0 Å². The second kappa shape index (κ2) is 3.55. The fourth-order valence-electron chi connectivity index (χ4n) is 1.19. The van der Waals surface area contributed by atoms with Crippen LogP contribution >= 0.6 is 0 Å². The molecule has 1 heterocycles. The van der Waals surface area contributed by atoms with Crippen molar-refractivity contribution in [1.29, 1.82) is 0 Å². The molecule has 1 aromatic heterocycles. The highest BCUT2D eigenvalue weighted by molar-refractivity contribution is 5.32. The number of halogens is 1. The van der Waals surface area contributed by atoms with E-state index in [1.807, 2.05) is 0 Å². The van der Waals surface area contributed by atoms with Gasteiger partial charge in [0.25, 0.3) is 0 Å². The van der Waals surface area contributed by atoms with Crippen molar-refractivity contribution in [2.75, 3.05) is 0 Å². The van der Waals surface area contributed by atoms with Crippen LogP contribution in [0.4, 0.5) is 4.39 Å². The van der Waals surface area contributed by atoms with Gasteiger partial charge in [0.15, 0.2) is 0 Å². The molecule has 0 aliphatic rings. The molecule has 0 saturated heterocycles. The molecule has 0 atom stereocenters. The molecule has 0 aliphatic heterocycles. The maximum Gasteiger partial charge on any atom is 0.125 e. The molecule has 14 heavy (non-hydrogen) atoms. The summed E-state index contributed by atoms with van der Waals surface area (Å²) in [5.41, 5.74) is 1.07. The quantitative estimate of drug-likeness (QED) is 0.770. The molecule has 4 nitrogen and oxygen atoms in total. The van der Waals surface area contributed by atoms with Gasteiger partial charge in [-0.2, -0.15) is 0 Å². The molecule has 2 aromatic rings. The van der Waals surface area contributed by atoms with Crippen LogP contribution in [-0.2, 0) is 6.61 Å². The van der Waals surface area contributed by atoms with Gasteiger partial charge in [-0.15, -0.1) is 5.10 Å². The number of rotatable bonds is 2. The minimum Gasteiger partial charge on any atom is -0.390 e. The first-order valence-electron chi connectivity index (χ1n) is 4.07. The number of hydrogen-bond donors (Lipinski definition) is 1. The smallest absolute Gasteiger partial charge is 0.125 e. The second-order valence-corrected chi connectivity index (χ2v) is 2.78.